The third kappa shape index (κ3) is 1.82. The average Bonchev–Trinajstić information content (AvgIpc) is 2.86. The van der Waals surface area contributed by atoms with Crippen molar-refractivity contribution >= 4 is 0 Å². The predicted octanol–water partition coefficient (Wildman–Crippen LogP) is 1.73. The molecule has 2 N–H and O–H groups in total. The zero-order valence-corrected chi connectivity index (χ0v) is 11.6. The van der Waals surface area contributed by atoms with Gasteiger partial charge in [0.1, 0.15) is 0 Å². The number of rotatable bonds is 3. The van der Waals surface area contributed by atoms with Crippen molar-refractivity contribution < 1.29 is 0 Å². The van der Waals surface area contributed by atoms with Gasteiger partial charge < -0.3 is 5.73 Å². The van der Waals surface area contributed by atoms with Gasteiger partial charge in [-0.25, -0.2) is 0 Å². The first-order valence-electron chi connectivity index (χ1n) is 7.74. The number of nitrogens with two attached hydrogens (primary N) is 1. The molecule has 1 unspecified atom stereocenters. The van der Waals surface area contributed by atoms with Crippen LogP contribution in [-0.4, -0.2) is 26.8 Å². The van der Waals surface area contributed by atoms with Gasteiger partial charge in [0.2, 0.25) is 0 Å². The van der Waals surface area contributed by atoms with Crippen molar-refractivity contribution in [3.05, 3.63) is 5.82 Å². The van der Waals surface area contributed by atoms with Crippen LogP contribution in [0.4, 0.5) is 0 Å². The molecule has 4 aliphatic rings. The summed E-state index contributed by atoms with van der Waals surface area (Å²) in [5.74, 6) is 5.21. The Morgan fingerprint density at radius 2 is 1.79 bits per heavy atom. The van der Waals surface area contributed by atoms with E-state index < -0.39 is 0 Å². The predicted molar refractivity (Wildman–Crippen MR) is 71.4 cm³/mol. The Hall–Kier alpha value is -0.970. The van der Waals surface area contributed by atoms with Gasteiger partial charge in [-0.15, -0.1) is 10.2 Å². The lowest BCUT2D eigenvalue weighted by molar-refractivity contribution is -0.00578. The third-order valence-corrected chi connectivity index (χ3v) is 5.70. The van der Waals surface area contributed by atoms with Gasteiger partial charge >= 0.3 is 0 Å². The second-order valence-electron chi connectivity index (χ2n) is 7.01. The molecule has 5 nitrogen and oxygen atoms in total. The van der Waals surface area contributed by atoms with Gasteiger partial charge in [-0.05, 0) is 67.9 Å². The van der Waals surface area contributed by atoms with E-state index >= 15 is 0 Å². The highest BCUT2D eigenvalue weighted by Crippen LogP contribution is 2.59. The summed E-state index contributed by atoms with van der Waals surface area (Å²) in [6.45, 7) is 2.61. The lowest BCUT2D eigenvalue weighted by atomic mass is 9.52. The van der Waals surface area contributed by atoms with Gasteiger partial charge in [0, 0.05) is 12.5 Å². The van der Waals surface area contributed by atoms with E-state index in [2.05, 4.69) is 15.4 Å². The van der Waals surface area contributed by atoms with Crippen molar-refractivity contribution in [1.29, 1.82) is 0 Å². The molecule has 1 heterocycles. The quantitative estimate of drug-likeness (QED) is 0.899. The standard InChI is InChI=1S/C14H23N5/c1-8(7-15)19-17-14(16-18-19)13-11-3-9-2-10(5-11)6-12(13)4-9/h8-13H,2-7,15H2,1H3. The summed E-state index contributed by atoms with van der Waals surface area (Å²) in [5, 5.41) is 13.2. The average molecular weight is 261 g/mol. The van der Waals surface area contributed by atoms with Gasteiger partial charge in [0.05, 0.1) is 6.04 Å². The molecule has 4 aliphatic carbocycles. The second-order valence-corrected chi connectivity index (χ2v) is 7.01. The van der Waals surface area contributed by atoms with Gasteiger partial charge in [0.25, 0.3) is 0 Å². The molecule has 4 fully saturated rings. The molecule has 0 amide bonds. The van der Waals surface area contributed by atoms with Crippen LogP contribution in [0, 0.1) is 23.7 Å². The summed E-state index contributed by atoms with van der Waals surface area (Å²) in [6, 6.07) is 0.151. The Bertz CT molecular complexity index is 440. The Morgan fingerprint density at radius 1 is 1.16 bits per heavy atom. The fourth-order valence-electron chi connectivity index (χ4n) is 5.00. The molecule has 4 saturated carbocycles. The molecule has 0 radical (unpaired) electrons. The smallest absolute Gasteiger partial charge is 0.178 e. The number of aromatic nitrogens is 4. The largest absolute Gasteiger partial charge is 0.328 e. The molecular formula is C14H23N5. The maximum absolute atomic E-state index is 5.68. The van der Waals surface area contributed by atoms with Crippen LogP contribution in [0.5, 0.6) is 0 Å². The molecule has 1 aromatic rings. The number of hydrogen-bond acceptors (Lipinski definition) is 4. The number of hydrogen-bond donors (Lipinski definition) is 1. The van der Waals surface area contributed by atoms with E-state index in [9.17, 15) is 0 Å². The molecule has 0 saturated heterocycles. The molecule has 19 heavy (non-hydrogen) atoms. The van der Waals surface area contributed by atoms with Gasteiger partial charge in [0.15, 0.2) is 5.82 Å². The monoisotopic (exact) mass is 261 g/mol. The second kappa shape index (κ2) is 4.27. The minimum absolute atomic E-state index is 0.151. The van der Waals surface area contributed by atoms with Crippen LogP contribution in [0.3, 0.4) is 0 Å². The maximum atomic E-state index is 5.68. The number of tetrazole rings is 1. The maximum Gasteiger partial charge on any atom is 0.178 e. The molecular weight excluding hydrogens is 238 g/mol. The first-order valence-corrected chi connectivity index (χ1v) is 7.74. The van der Waals surface area contributed by atoms with Crippen LogP contribution in [0.2, 0.25) is 0 Å². The van der Waals surface area contributed by atoms with Crippen molar-refractivity contribution in [2.45, 2.75) is 51.0 Å². The van der Waals surface area contributed by atoms with E-state index in [0.29, 0.717) is 12.5 Å². The fourth-order valence-corrected chi connectivity index (χ4v) is 5.00. The molecule has 1 atom stereocenters. The molecule has 0 aromatic carbocycles. The zero-order chi connectivity index (χ0) is 13.0. The SMILES string of the molecule is CC(CN)n1nnc(C2C3CC4CC(C3)CC2C4)n1. The third-order valence-electron chi connectivity index (χ3n) is 5.70. The van der Waals surface area contributed by atoms with Crippen LogP contribution >= 0.6 is 0 Å². The van der Waals surface area contributed by atoms with Crippen molar-refractivity contribution in [2.75, 3.05) is 6.54 Å². The van der Waals surface area contributed by atoms with Crippen LogP contribution in [0.25, 0.3) is 0 Å². The zero-order valence-electron chi connectivity index (χ0n) is 11.6. The topological polar surface area (TPSA) is 69.6 Å². The summed E-state index contributed by atoms with van der Waals surface area (Å²) in [6.07, 6.45) is 7.10. The van der Waals surface area contributed by atoms with Crippen molar-refractivity contribution in [1.82, 2.24) is 20.2 Å². The van der Waals surface area contributed by atoms with Gasteiger partial charge in [-0.1, -0.05) is 0 Å². The molecule has 5 rings (SSSR count). The molecule has 1 aromatic heterocycles. The fraction of sp³-hybridized carbons (Fsp3) is 0.929. The van der Waals surface area contributed by atoms with E-state index in [1.165, 1.54) is 32.1 Å². The lowest BCUT2D eigenvalue weighted by Crippen LogP contribution is -2.44. The first kappa shape index (κ1) is 11.8. The first-order chi connectivity index (χ1) is 9.24. The summed E-state index contributed by atoms with van der Waals surface area (Å²) >= 11 is 0. The minimum atomic E-state index is 0.151. The minimum Gasteiger partial charge on any atom is -0.328 e. The highest BCUT2D eigenvalue weighted by atomic mass is 15.6. The molecule has 104 valence electrons. The molecule has 5 heteroatoms. The Kier molecular flexibility index (Phi) is 2.65. The van der Waals surface area contributed by atoms with Crippen LogP contribution in [0.15, 0.2) is 0 Å². The highest BCUT2D eigenvalue weighted by molar-refractivity contribution is 5.09. The Balaban J connectivity index is 1.60. The van der Waals surface area contributed by atoms with Crippen LogP contribution < -0.4 is 5.73 Å². The van der Waals surface area contributed by atoms with Crippen molar-refractivity contribution in [3.8, 4) is 0 Å². The Morgan fingerprint density at radius 3 is 2.37 bits per heavy atom. The van der Waals surface area contributed by atoms with E-state index in [4.69, 9.17) is 5.73 Å². The van der Waals surface area contributed by atoms with E-state index in [-0.39, 0.29) is 6.04 Å². The molecule has 4 bridgehead atoms. The summed E-state index contributed by atoms with van der Waals surface area (Å²) in [4.78, 5) is 1.71. The summed E-state index contributed by atoms with van der Waals surface area (Å²) < 4.78 is 0. The van der Waals surface area contributed by atoms with Crippen LogP contribution in [-0.2, 0) is 0 Å². The van der Waals surface area contributed by atoms with Crippen LogP contribution in [0.1, 0.15) is 56.8 Å². The van der Waals surface area contributed by atoms with E-state index in [1.807, 2.05) is 6.92 Å². The van der Waals surface area contributed by atoms with Gasteiger partial charge in [-0.2, -0.15) is 4.80 Å². The summed E-state index contributed by atoms with van der Waals surface area (Å²) in [5.41, 5.74) is 5.68. The molecule has 0 aliphatic heterocycles. The highest BCUT2D eigenvalue weighted by Gasteiger charge is 2.50. The molecule has 0 spiro atoms. The van der Waals surface area contributed by atoms with Crippen molar-refractivity contribution in [2.24, 2.45) is 29.4 Å². The van der Waals surface area contributed by atoms with Crippen molar-refractivity contribution in [3.63, 3.8) is 0 Å². The van der Waals surface area contributed by atoms with Gasteiger partial charge in [-0.3, -0.25) is 0 Å². The normalized spacial score (nSPS) is 41.7. The summed E-state index contributed by atoms with van der Waals surface area (Å²) in [7, 11) is 0. The van der Waals surface area contributed by atoms with E-state index in [1.54, 1.807) is 4.80 Å². The van der Waals surface area contributed by atoms with E-state index in [0.717, 1.165) is 29.5 Å². The lowest BCUT2D eigenvalue weighted by Gasteiger charge is -2.53. The Labute approximate surface area is 113 Å². The number of nitrogens with zero attached hydrogens (tertiary/aromatic N) is 4.